The maximum absolute atomic E-state index is 10.9. The van der Waals surface area contributed by atoms with E-state index in [-0.39, 0.29) is 5.97 Å². The van der Waals surface area contributed by atoms with Crippen LogP contribution >= 0.6 is 0 Å². The highest BCUT2D eigenvalue weighted by Gasteiger charge is 2.00. The molecule has 0 rings (SSSR count). The molecule has 0 fully saturated rings. The van der Waals surface area contributed by atoms with Gasteiger partial charge in [0.05, 0.1) is 6.61 Å². The van der Waals surface area contributed by atoms with E-state index in [4.69, 9.17) is 9.47 Å². The van der Waals surface area contributed by atoms with Crippen molar-refractivity contribution >= 4 is 5.97 Å². The lowest BCUT2D eigenvalue weighted by Gasteiger charge is -2.02. The summed E-state index contributed by atoms with van der Waals surface area (Å²) in [5, 5.41) is 0. The van der Waals surface area contributed by atoms with E-state index in [0.29, 0.717) is 26.2 Å². The number of hydrogen-bond acceptors (Lipinski definition) is 3. The molecule has 12 heavy (non-hydrogen) atoms. The molecule has 0 aromatic heterocycles. The van der Waals surface area contributed by atoms with Gasteiger partial charge in [0, 0.05) is 19.6 Å². The Kier molecular flexibility index (Phi) is 8.12. The predicted octanol–water partition coefficient (Wildman–Crippen LogP) is 1.76. The molecule has 0 saturated heterocycles. The highest BCUT2D eigenvalue weighted by molar-refractivity contribution is 5.69. The van der Waals surface area contributed by atoms with Gasteiger partial charge in [-0.2, -0.15) is 0 Å². The van der Waals surface area contributed by atoms with Crippen LogP contribution in [0.3, 0.4) is 0 Å². The minimum atomic E-state index is -0.114. The van der Waals surface area contributed by atoms with Gasteiger partial charge in [-0.15, -0.1) is 0 Å². The van der Waals surface area contributed by atoms with Crippen LogP contribution in [0.1, 0.15) is 33.1 Å². The lowest BCUT2D eigenvalue weighted by atomic mass is 10.3. The summed E-state index contributed by atoms with van der Waals surface area (Å²) in [5.41, 5.74) is 0. The number of carbonyl (C=O) groups is 1. The van der Waals surface area contributed by atoms with Gasteiger partial charge in [-0.25, -0.2) is 0 Å². The summed E-state index contributed by atoms with van der Waals surface area (Å²) in [5.74, 6) is -0.114. The number of hydrogen-bond donors (Lipinski definition) is 0. The molecule has 0 saturated carbocycles. The highest BCUT2D eigenvalue weighted by Crippen LogP contribution is 1.94. The van der Waals surface area contributed by atoms with Crippen LogP contribution in [-0.4, -0.2) is 25.8 Å². The molecule has 72 valence electrons. The van der Waals surface area contributed by atoms with Crippen molar-refractivity contribution in [2.75, 3.05) is 19.8 Å². The molecule has 0 aliphatic heterocycles. The molecule has 0 aromatic carbocycles. The second-order valence-corrected chi connectivity index (χ2v) is 2.52. The normalized spacial score (nSPS) is 9.83. The Bertz CT molecular complexity index is 112. The Morgan fingerprint density at radius 2 is 2.00 bits per heavy atom. The maximum Gasteiger partial charge on any atom is 0.305 e. The minimum absolute atomic E-state index is 0.114. The average molecular weight is 174 g/mol. The zero-order chi connectivity index (χ0) is 9.23. The van der Waals surface area contributed by atoms with Crippen molar-refractivity contribution < 1.29 is 14.3 Å². The number of esters is 1. The fourth-order valence-corrected chi connectivity index (χ4v) is 0.751. The quantitative estimate of drug-likeness (QED) is 0.436. The summed E-state index contributed by atoms with van der Waals surface area (Å²) in [6, 6.07) is 0. The van der Waals surface area contributed by atoms with Crippen LogP contribution in [0.2, 0.25) is 0 Å². The smallest absolute Gasteiger partial charge is 0.305 e. The second kappa shape index (κ2) is 8.53. The SMILES string of the molecule is CCCOC(=O)CCCOCC. The Labute approximate surface area is 74.0 Å². The van der Waals surface area contributed by atoms with E-state index in [0.717, 1.165) is 12.8 Å². The Balaban J connectivity index is 3.08. The molecule has 0 bridgehead atoms. The number of carbonyl (C=O) groups excluding carboxylic acids is 1. The third-order valence-electron chi connectivity index (χ3n) is 1.34. The van der Waals surface area contributed by atoms with E-state index < -0.39 is 0 Å². The summed E-state index contributed by atoms with van der Waals surface area (Å²) in [4.78, 5) is 10.9. The molecular formula is C9H18O3. The molecule has 0 atom stereocenters. The van der Waals surface area contributed by atoms with Crippen LogP contribution in [0.25, 0.3) is 0 Å². The molecule has 0 aliphatic carbocycles. The van der Waals surface area contributed by atoms with Crippen molar-refractivity contribution in [2.45, 2.75) is 33.1 Å². The lowest BCUT2D eigenvalue weighted by Crippen LogP contribution is -2.06. The summed E-state index contributed by atoms with van der Waals surface area (Å²) in [6.07, 6.45) is 2.12. The summed E-state index contributed by atoms with van der Waals surface area (Å²) in [7, 11) is 0. The monoisotopic (exact) mass is 174 g/mol. The third kappa shape index (κ3) is 7.54. The van der Waals surface area contributed by atoms with Gasteiger partial charge in [0.2, 0.25) is 0 Å². The van der Waals surface area contributed by atoms with Gasteiger partial charge in [-0.05, 0) is 19.8 Å². The topological polar surface area (TPSA) is 35.5 Å². The van der Waals surface area contributed by atoms with Crippen LogP contribution in [0.15, 0.2) is 0 Å². The molecule has 3 nitrogen and oxygen atoms in total. The second-order valence-electron chi connectivity index (χ2n) is 2.52. The fraction of sp³-hybridized carbons (Fsp3) is 0.889. The van der Waals surface area contributed by atoms with E-state index in [1.165, 1.54) is 0 Å². The van der Waals surface area contributed by atoms with Crippen LogP contribution in [0, 0.1) is 0 Å². The number of ether oxygens (including phenoxy) is 2. The largest absolute Gasteiger partial charge is 0.466 e. The fourth-order valence-electron chi connectivity index (χ4n) is 0.751. The van der Waals surface area contributed by atoms with E-state index in [1.807, 2.05) is 13.8 Å². The van der Waals surface area contributed by atoms with Crippen molar-refractivity contribution in [3.05, 3.63) is 0 Å². The van der Waals surface area contributed by atoms with Gasteiger partial charge < -0.3 is 9.47 Å². The molecule has 0 aliphatic rings. The van der Waals surface area contributed by atoms with Crippen molar-refractivity contribution in [1.82, 2.24) is 0 Å². The van der Waals surface area contributed by atoms with Crippen LogP contribution < -0.4 is 0 Å². The highest BCUT2D eigenvalue weighted by atomic mass is 16.5. The molecule has 0 amide bonds. The predicted molar refractivity (Wildman–Crippen MR) is 47.0 cm³/mol. The van der Waals surface area contributed by atoms with Crippen molar-refractivity contribution in [1.29, 1.82) is 0 Å². The summed E-state index contributed by atoms with van der Waals surface area (Å²) >= 11 is 0. The third-order valence-corrected chi connectivity index (χ3v) is 1.34. The van der Waals surface area contributed by atoms with Gasteiger partial charge in [0.15, 0.2) is 0 Å². The van der Waals surface area contributed by atoms with Crippen molar-refractivity contribution in [2.24, 2.45) is 0 Å². The molecule has 0 spiro atoms. The average Bonchev–Trinajstić information content (AvgIpc) is 2.09. The minimum Gasteiger partial charge on any atom is -0.466 e. The van der Waals surface area contributed by atoms with E-state index in [1.54, 1.807) is 0 Å². The Morgan fingerprint density at radius 1 is 1.25 bits per heavy atom. The Morgan fingerprint density at radius 3 is 2.58 bits per heavy atom. The van der Waals surface area contributed by atoms with Crippen LogP contribution in [0.5, 0.6) is 0 Å². The van der Waals surface area contributed by atoms with Gasteiger partial charge in [0.1, 0.15) is 0 Å². The van der Waals surface area contributed by atoms with E-state index >= 15 is 0 Å². The van der Waals surface area contributed by atoms with Gasteiger partial charge >= 0.3 is 5.97 Å². The van der Waals surface area contributed by atoms with E-state index in [9.17, 15) is 4.79 Å². The van der Waals surface area contributed by atoms with Gasteiger partial charge in [-0.3, -0.25) is 4.79 Å². The zero-order valence-electron chi connectivity index (χ0n) is 7.97. The summed E-state index contributed by atoms with van der Waals surface area (Å²) in [6.45, 7) is 5.82. The summed E-state index contributed by atoms with van der Waals surface area (Å²) < 4.78 is 9.96. The first-order valence-electron chi connectivity index (χ1n) is 4.54. The molecule has 0 aromatic rings. The van der Waals surface area contributed by atoms with Crippen LogP contribution in [-0.2, 0) is 14.3 Å². The molecule has 3 heteroatoms. The first-order valence-corrected chi connectivity index (χ1v) is 4.54. The Hall–Kier alpha value is -0.570. The molecule has 0 heterocycles. The number of rotatable bonds is 7. The first kappa shape index (κ1) is 11.4. The first-order chi connectivity index (χ1) is 5.81. The van der Waals surface area contributed by atoms with Gasteiger partial charge in [0.25, 0.3) is 0 Å². The zero-order valence-corrected chi connectivity index (χ0v) is 7.97. The maximum atomic E-state index is 10.9. The standard InChI is InChI=1S/C9H18O3/c1-3-7-12-9(10)6-5-8-11-4-2/h3-8H2,1-2H3. The molecular weight excluding hydrogens is 156 g/mol. The van der Waals surface area contributed by atoms with Crippen molar-refractivity contribution in [3.63, 3.8) is 0 Å². The van der Waals surface area contributed by atoms with Crippen molar-refractivity contribution in [3.8, 4) is 0 Å². The molecule has 0 radical (unpaired) electrons. The van der Waals surface area contributed by atoms with Gasteiger partial charge in [-0.1, -0.05) is 6.92 Å². The van der Waals surface area contributed by atoms with Crippen LogP contribution in [0.4, 0.5) is 0 Å². The lowest BCUT2D eigenvalue weighted by molar-refractivity contribution is -0.144. The van der Waals surface area contributed by atoms with E-state index in [2.05, 4.69) is 0 Å². The molecule has 0 N–H and O–H groups in total. The molecule has 0 unspecified atom stereocenters.